The molecule has 0 bridgehead atoms. The van der Waals surface area contributed by atoms with Crippen LogP contribution in [-0.4, -0.2) is 17.1 Å². The Morgan fingerprint density at radius 2 is 1.80 bits per heavy atom. The number of benzene rings is 2. The quantitative estimate of drug-likeness (QED) is 0.901. The smallest absolute Gasteiger partial charge is 0.338 e. The van der Waals surface area contributed by atoms with Crippen LogP contribution in [0.15, 0.2) is 42.5 Å². The Kier molecular flexibility index (Phi) is 3.14. The summed E-state index contributed by atoms with van der Waals surface area (Å²) in [5, 5.41) is 12.1. The molecule has 2 aromatic carbocycles. The molecule has 4 heteroatoms. The van der Waals surface area contributed by atoms with Crippen LogP contribution in [0.1, 0.15) is 21.5 Å². The van der Waals surface area contributed by atoms with E-state index in [1.54, 1.807) is 6.07 Å². The van der Waals surface area contributed by atoms with Crippen LogP contribution < -0.4 is 5.32 Å². The lowest BCUT2D eigenvalue weighted by Crippen LogP contribution is -2.19. The van der Waals surface area contributed by atoms with Gasteiger partial charge in [0.2, 0.25) is 0 Å². The highest BCUT2D eigenvalue weighted by atomic mass is 19.1. The van der Waals surface area contributed by atoms with Gasteiger partial charge in [-0.25, -0.2) is 9.18 Å². The predicted molar refractivity (Wildman–Crippen MR) is 74.6 cm³/mol. The summed E-state index contributed by atoms with van der Waals surface area (Å²) in [5.74, 6) is -1.96. The number of carboxylic acids is 1. The Hall–Kier alpha value is -2.36. The summed E-state index contributed by atoms with van der Waals surface area (Å²) < 4.78 is 13.6. The Bertz CT molecular complexity index is 644. The van der Waals surface area contributed by atoms with E-state index in [9.17, 15) is 9.18 Å². The second-order valence-corrected chi connectivity index (χ2v) is 5.02. The van der Waals surface area contributed by atoms with Crippen LogP contribution in [0.25, 0.3) is 0 Å². The van der Waals surface area contributed by atoms with Gasteiger partial charge in [0, 0.05) is 11.7 Å². The van der Waals surface area contributed by atoms with Gasteiger partial charge in [0.1, 0.15) is 5.82 Å². The van der Waals surface area contributed by atoms with E-state index in [2.05, 4.69) is 17.4 Å². The van der Waals surface area contributed by atoms with Crippen LogP contribution in [0.5, 0.6) is 0 Å². The SMILES string of the molecule is O=C(O)c1ccc(NC2Cc3ccccc3C2)cc1F. The number of carbonyl (C=O) groups is 1. The molecule has 1 aliphatic rings. The molecule has 0 unspecified atom stereocenters. The normalized spacial score (nSPS) is 14.1. The summed E-state index contributed by atoms with van der Waals surface area (Å²) in [7, 11) is 0. The number of anilines is 1. The lowest BCUT2D eigenvalue weighted by atomic mass is 10.1. The summed E-state index contributed by atoms with van der Waals surface area (Å²) in [6.07, 6.45) is 1.80. The topological polar surface area (TPSA) is 49.3 Å². The monoisotopic (exact) mass is 271 g/mol. The van der Waals surface area contributed by atoms with Gasteiger partial charge in [-0.1, -0.05) is 24.3 Å². The fraction of sp³-hybridized carbons (Fsp3) is 0.188. The molecule has 0 saturated carbocycles. The zero-order valence-electron chi connectivity index (χ0n) is 10.8. The molecule has 0 aliphatic heterocycles. The number of nitrogens with one attached hydrogen (secondary N) is 1. The van der Waals surface area contributed by atoms with Gasteiger partial charge >= 0.3 is 5.97 Å². The average Bonchev–Trinajstić information content (AvgIpc) is 2.80. The van der Waals surface area contributed by atoms with Crippen molar-refractivity contribution in [2.45, 2.75) is 18.9 Å². The van der Waals surface area contributed by atoms with Gasteiger partial charge in [-0.2, -0.15) is 0 Å². The highest BCUT2D eigenvalue weighted by Crippen LogP contribution is 2.25. The number of hydrogen-bond acceptors (Lipinski definition) is 2. The Balaban J connectivity index is 1.74. The van der Waals surface area contributed by atoms with Crippen molar-refractivity contribution in [2.75, 3.05) is 5.32 Å². The standard InChI is InChI=1S/C16H14FNO2/c17-15-9-12(5-6-14(15)16(19)20)18-13-7-10-3-1-2-4-11(10)8-13/h1-6,9,13,18H,7-8H2,(H,19,20). The van der Waals surface area contributed by atoms with Crippen molar-refractivity contribution >= 4 is 11.7 Å². The van der Waals surface area contributed by atoms with Crippen molar-refractivity contribution in [1.29, 1.82) is 0 Å². The number of halogens is 1. The summed E-state index contributed by atoms with van der Waals surface area (Å²) >= 11 is 0. The van der Waals surface area contributed by atoms with Gasteiger partial charge in [-0.05, 0) is 42.2 Å². The van der Waals surface area contributed by atoms with E-state index in [1.807, 2.05) is 12.1 Å². The van der Waals surface area contributed by atoms with Gasteiger partial charge in [0.25, 0.3) is 0 Å². The molecule has 0 fully saturated rings. The van der Waals surface area contributed by atoms with Gasteiger partial charge in [0.05, 0.1) is 5.56 Å². The van der Waals surface area contributed by atoms with Crippen LogP contribution >= 0.6 is 0 Å². The number of aromatic carboxylic acids is 1. The minimum atomic E-state index is -1.25. The maximum Gasteiger partial charge on any atom is 0.338 e. The Labute approximate surface area is 116 Å². The van der Waals surface area contributed by atoms with Gasteiger partial charge in [-0.3, -0.25) is 0 Å². The van der Waals surface area contributed by atoms with Crippen LogP contribution in [0.3, 0.4) is 0 Å². The third kappa shape index (κ3) is 2.37. The molecule has 0 radical (unpaired) electrons. The maximum absolute atomic E-state index is 13.6. The summed E-state index contributed by atoms with van der Waals surface area (Å²) in [5.41, 5.74) is 2.94. The van der Waals surface area contributed by atoms with Gasteiger partial charge < -0.3 is 10.4 Å². The first-order chi connectivity index (χ1) is 9.63. The third-order valence-electron chi connectivity index (χ3n) is 3.62. The van der Waals surface area contributed by atoms with E-state index in [-0.39, 0.29) is 11.6 Å². The number of carboxylic acid groups (broad SMARTS) is 1. The largest absolute Gasteiger partial charge is 0.478 e. The maximum atomic E-state index is 13.6. The molecular weight excluding hydrogens is 257 g/mol. The van der Waals surface area contributed by atoms with Crippen molar-refractivity contribution in [3.8, 4) is 0 Å². The molecule has 0 saturated heterocycles. The number of fused-ring (bicyclic) bond motifs is 1. The molecule has 2 aromatic rings. The molecular formula is C16H14FNO2. The van der Waals surface area contributed by atoms with Crippen molar-refractivity contribution in [1.82, 2.24) is 0 Å². The van der Waals surface area contributed by atoms with E-state index >= 15 is 0 Å². The molecule has 1 aliphatic carbocycles. The number of rotatable bonds is 3. The van der Waals surface area contributed by atoms with Crippen LogP contribution in [0.2, 0.25) is 0 Å². The molecule has 2 N–H and O–H groups in total. The lowest BCUT2D eigenvalue weighted by molar-refractivity contribution is 0.0692. The fourth-order valence-electron chi connectivity index (χ4n) is 2.67. The molecule has 0 heterocycles. The average molecular weight is 271 g/mol. The van der Waals surface area contributed by atoms with Crippen molar-refractivity contribution in [3.05, 3.63) is 65.0 Å². The van der Waals surface area contributed by atoms with E-state index in [0.717, 1.165) is 12.8 Å². The second kappa shape index (κ2) is 4.96. The Morgan fingerprint density at radius 1 is 1.15 bits per heavy atom. The van der Waals surface area contributed by atoms with Crippen LogP contribution in [0, 0.1) is 5.82 Å². The fourth-order valence-corrected chi connectivity index (χ4v) is 2.67. The van der Waals surface area contributed by atoms with Crippen molar-refractivity contribution in [2.24, 2.45) is 0 Å². The molecule has 102 valence electrons. The molecule has 0 atom stereocenters. The molecule has 0 amide bonds. The molecule has 0 aromatic heterocycles. The van der Waals surface area contributed by atoms with Gasteiger partial charge in [-0.15, -0.1) is 0 Å². The zero-order chi connectivity index (χ0) is 14.1. The Morgan fingerprint density at radius 3 is 2.35 bits per heavy atom. The van der Waals surface area contributed by atoms with Crippen LogP contribution in [0.4, 0.5) is 10.1 Å². The van der Waals surface area contributed by atoms with E-state index < -0.39 is 11.8 Å². The highest BCUT2D eigenvalue weighted by molar-refractivity contribution is 5.88. The summed E-state index contributed by atoms with van der Waals surface area (Å²) in [4.78, 5) is 10.8. The van der Waals surface area contributed by atoms with E-state index in [1.165, 1.54) is 23.3 Å². The van der Waals surface area contributed by atoms with E-state index in [0.29, 0.717) is 5.69 Å². The minimum Gasteiger partial charge on any atom is -0.478 e. The van der Waals surface area contributed by atoms with Crippen LogP contribution in [-0.2, 0) is 12.8 Å². The molecule has 3 rings (SSSR count). The first-order valence-corrected chi connectivity index (χ1v) is 6.49. The number of hydrogen-bond donors (Lipinski definition) is 2. The highest BCUT2D eigenvalue weighted by Gasteiger charge is 2.21. The minimum absolute atomic E-state index is 0.225. The first-order valence-electron chi connectivity index (χ1n) is 6.49. The third-order valence-corrected chi connectivity index (χ3v) is 3.62. The summed E-state index contributed by atoms with van der Waals surface area (Å²) in [6.45, 7) is 0. The zero-order valence-corrected chi connectivity index (χ0v) is 10.8. The lowest BCUT2D eigenvalue weighted by Gasteiger charge is -2.14. The van der Waals surface area contributed by atoms with Crippen molar-refractivity contribution in [3.63, 3.8) is 0 Å². The molecule has 0 spiro atoms. The predicted octanol–water partition coefficient (Wildman–Crippen LogP) is 3.10. The summed E-state index contributed by atoms with van der Waals surface area (Å²) in [6, 6.07) is 12.6. The van der Waals surface area contributed by atoms with E-state index in [4.69, 9.17) is 5.11 Å². The van der Waals surface area contributed by atoms with Gasteiger partial charge in [0.15, 0.2) is 0 Å². The van der Waals surface area contributed by atoms with Crippen molar-refractivity contribution < 1.29 is 14.3 Å². The first kappa shape index (κ1) is 12.7. The second-order valence-electron chi connectivity index (χ2n) is 5.02. The molecule has 20 heavy (non-hydrogen) atoms. The molecule has 3 nitrogen and oxygen atoms in total.